The van der Waals surface area contributed by atoms with E-state index in [1.165, 1.54) is 4.68 Å². The van der Waals surface area contributed by atoms with Gasteiger partial charge in [0.05, 0.1) is 22.3 Å². The Bertz CT molecular complexity index is 1290. The fourth-order valence-electron chi connectivity index (χ4n) is 3.22. The number of amides is 1. The highest BCUT2D eigenvalue weighted by molar-refractivity contribution is 7.71. The van der Waals surface area contributed by atoms with E-state index in [1.807, 2.05) is 65.2 Å². The first-order valence-electron chi connectivity index (χ1n) is 10.1. The molecule has 1 aromatic heterocycles. The zero-order chi connectivity index (χ0) is 23.2. The number of hydrogen-bond donors (Lipinski definition) is 1. The SMILES string of the molecule is O=C(Cn1nc(COc2ccccc2)n(Cc2ccccc2)c1=S)Nc1c(Cl)cccc1Cl. The summed E-state index contributed by atoms with van der Waals surface area (Å²) in [5.74, 6) is 0.979. The molecule has 0 bridgehead atoms. The van der Waals surface area contributed by atoms with Gasteiger partial charge in [-0.25, -0.2) is 4.68 Å². The van der Waals surface area contributed by atoms with Crippen molar-refractivity contribution in [1.29, 1.82) is 0 Å². The van der Waals surface area contributed by atoms with Gasteiger partial charge in [-0.3, -0.25) is 9.36 Å². The molecule has 4 rings (SSSR count). The van der Waals surface area contributed by atoms with E-state index < -0.39 is 0 Å². The van der Waals surface area contributed by atoms with Crippen molar-refractivity contribution in [2.75, 3.05) is 5.32 Å². The molecular formula is C24H20Cl2N4O2S. The van der Waals surface area contributed by atoms with Crippen molar-refractivity contribution in [2.24, 2.45) is 0 Å². The Balaban J connectivity index is 1.58. The molecule has 0 aliphatic rings. The van der Waals surface area contributed by atoms with E-state index in [0.717, 1.165) is 11.3 Å². The van der Waals surface area contributed by atoms with E-state index in [1.54, 1.807) is 18.2 Å². The molecule has 168 valence electrons. The van der Waals surface area contributed by atoms with E-state index >= 15 is 0 Å². The van der Waals surface area contributed by atoms with Crippen LogP contribution in [0.2, 0.25) is 10.0 Å². The van der Waals surface area contributed by atoms with Crippen molar-refractivity contribution in [2.45, 2.75) is 19.7 Å². The first-order valence-corrected chi connectivity index (χ1v) is 11.3. The highest BCUT2D eigenvalue weighted by Crippen LogP contribution is 2.29. The van der Waals surface area contributed by atoms with Crippen molar-refractivity contribution in [1.82, 2.24) is 14.3 Å². The standard InChI is InChI=1S/C24H20Cl2N4O2S/c25-19-12-7-13-20(26)23(19)27-22(31)15-30-24(33)29(14-17-8-3-1-4-9-17)21(28-30)16-32-18-10-5-2-6-11-18/h1-13H,14-16H2,(H,27,31). The molecule has 4 aromatic rings. The number of hydrogen-bond acceptors (Lipinski definition) is 4. The second kappa shape index (κ2) is 10.7. The number of nitrogens with one attached hydrogen (secondary N) is 1. The molecule has 0 radical (unpaired) electrons. The summed E-state index contributed by atoms with van der Waals surface area (Å²) >= 11 is 18.0. The average molecular weight is 499 g/mol. The molecule has 9 heteroatoms. The zero-order valence-corrected chi connectivity index (χ0v) is 19.8. The number of ether oxygens (including phenoxy) is 1. The third kappa shape index (κ3) is 5.82. The molecule has 0 atom stereocenters. The van der Waals surface area contributed by atoms with Gasteiger partial charge in [0.1, 0.15) is 18.9 Å². The van der Waals surface area contributed by atoms with Crippen molar-refractivity contribution < 1.29 is 9.53 Å². The molecule has 0 saturated heterocycles. The van der Waals surface area contributed by atoms with E-state index in [9.17, 15) is 4.79 Å². The maximum atomic E-state index is 12.7. The lowest BCUT2D eigenvalue weighted by Crippen LogP contribution is -2.20. The quantitative estimate of drug-likeness (QED) is 0.303. The number of nitrogens with zero attached hydrogens (tertiary/aromatic N) is 3. The van der Waals surface area contributed by atoms with Crippen LogP contribution in [0.15, 0.2) is 78.9 Å². The molecule has 0 unspecified atom stereocenters. The lowest BCUT2D eigenvalue weighted by Gasteiger charge is -2.09. The van der Waals surface area contributed by atoms with Gasteiger partial charge in [-0.1, -0.05) is 77.8 Å². The van der Waals surface area contributed by atoms with Gasteiger partial charge in [-0.2, -0.15) is 5.10 Å². The molecule has 3 aromatic carbocycles. The smallest absolute Gasteiger partial charge is 0.246 e. The number of rotatable bonds is 8. The number of anilines is 1. The summed E-state index contributed by atoms with van der Waals surface area (Å²) in [6, 6.07) is 24.4. The molecule has 6 nitrogen and oxygen atoms in total. The Hall–Kier alpha value is -3.13. The normalized spacial score (nSPS) is 10.7. The highest BCUT2D eigenvalue weighted by atomic mass is 35.5. The Kier molecular flexibility index (Phi) is 7.44. The first-order chi connectivity index (χ1) is 16.0. The minimum absolute atomic E-state index is 0.0967. The van der Waals surface area contributed by atoms with Crippen LogP contribution in [0.5, 0.6) is 5.75 Å². The van der Waals surface area contributed by atoms with Gasteiger partial charge in [0.25, 0.3) is 0 Å². The molecule has 0 fully saturated rings. The average Bonchev–Trinajstić information content (AvgIpc) is 3.10. The summed E-state index contributed by atoms with van der Waals surface area (Å²) in [6.45, 7) is 0.608. The third-order valence-electron chi connectivity index (χ3n) is 4.81. The molecule has 1 heterocycles. The maximum Gasteiger partial charge on any atom is 0.246 e. The number of carbonyl (C=O) groups is 1. The maximum absolute atomic E-state index is 12.7. The number of halogens is 2. The second-order valence-corrected chi connectivity index (χ2v) is 8.35. The number of carbonyl (C=O) groups excluding carboxylic acids is 1. The van der Waals surface area contributed by atoms with Gasteiger partial charge < -0.3 is 10.1 Å². The van der Waals surface area contributed by atoms with Gasteiger partial charge in [-0.05, 0) is 42.0 Å². The zero-order valence-electron chi connectivity index (χ0n) is 17.4. The molecule has 0 aliphatic carbocycles. The monoisotopic (exact) mass is 498 g/mol. The number of para-hydroxylation sites is 2. The van der Waals surface area contributed by atoms with Crippen LogP contribution >= 0.6 is 35.4 Å². The van der Waals surface area contributed by atoms with Crippen LogP contribution in [0.4, 0.5) is 5.69 Å². The molecular weight excluding hydrogens is 479 g/mol. The molecule has 1 amide bonds. The Morgan fingerprint density at radius 2 is 1.58 bits per heavy atom. The van der Waals surface area contributed by atoms with E-state index in [-0.39, 0.29) is 19.1 Å². The Labute approximate surface area is 206 Å². The summed E-state index contributed by atoms with van der Waals surface area (Å²) in [4.78, 5) is 12.7. The fourth-order valence-corrected chi connectivity index (χ4v) is 3.98. The van der Waals surface area contributed by atoms with Crippen molar-refractivity contribution >= 4 is 47.0 Å². The predicted octanol–water partition coefficient (Wildman–Crippen LogP) is 5.99. The molecule has 0 aliphatic heterocycles. The van der Waals surface area contributed by atoms with Crippen LogP contribution < -0.4 is 10.1 Å². The van der Waals surface area contributed by atoms with Crippen LogP contribution in [0.3, 0.4) is 0 Å². The van der Waals surface area contributed by atoms with Gasteiger partial charge in [0, 0.05) is 0 Å². The van der Waals surface area contributed by atoms with Gasteiger partial charge in [0.15, 0.2) is 10.6 Å². The van der Waals surface area contributed by atoms with Crippen LogP contribution in [0, 0.1) is 4.77 Å². The third-order valence-corrected chi connectivity index (χ3v) is 5.88. The first kappa shape index (κ1) is 23.0. The molecule has 0 spiro atoms. The number of benzene rings is 3. The minimum Gasteiger partial charge on any atom is -0.486 e. The van der Waals surface area contributed by atoms with Crippen LogP contribution in [0.25, 0.3) is 0 Å². The minimum atomic E-state index is -0.346. The van der Waals surface area contributed by atoms with Crippen molar-refractivity contribution in [3.8, 4) is 5.75 Å². The van der Waals surface area contributed by atoms with Crippen LogP contribution in [-0.2, 0) is 24.5 Å². The highest BCUT2D eigenvalue weighted by Gasteiger charge is 2.16. The summed E-state index contributed by atoms with van der Waals surface area (Å²) in [6.07, 6.45) is 0. The Morgan fingerprint density at radius 1 is 0.939 bits per heavy atom. The van der Waals surface area contributed by atoms with Gasteiger partial charge >= 0.3 is 0 Å². The predicted molar refractivity (Wildman–Crippen MR) is 132 cm³/mol. The van der Waals surface area contributed by atoms with Gasteiger partial charge in [-0.15, -0.1) is 0 Å². The van der Waals surface area contributed by atoms with E-state index in [0.29, 0.717) is 32.9 Å². The largest absolute Gasteiger partial charge is 0.486 e. The van der Waals surface area contributed by atoms with Crippen LogP contribution in [0.1, 0.15) is 11.4 Å². The van der Waals surface area contributed by atoms with Crippen molar-refractivity contribution in [3.63, 3.8) is 0 Å². The molecule has 0 saturated carbocycles. The fraction of sp³-hybridized carbons (Fsp3) is 0.125. The molecule has 33 heavy (non-hydrogen) atoms. The summed E-state index contributed by atoms with van der Waals surface area (Å²) in [7, 11) is 0. The summed E-state index contributed by atoms with van der Waals surface area (Å²) < 4.78 is 9.64. The van der Waals surface area contributed by atoms with Gasteiger partial charge in [0.2, 0.25) is 5.91 Å². The van der Waals surface area contributed by atoms with E-state index in [4.69, 9.17) is 40.2 Å². The van der Waals surface area contributed by atoms with E-state index in [2.05, 4.69) is 10.4 Å². The lowest BCUT2D eigenvalue weighted by atomic mass is 10.2. The Morgan fingerprint density at radius 3 is 2.24 bits per heavy atom. The van der Waals surface area contributed by atoms with Crippen molar-refractivity contribution in [3.05, 3.63) is 105 Å². The molecule has 1 N–H and O–H groups in total. The topological polar surface area (TPSA) is 61.1 Å². The second-order valence-electron chi connectivity index (χ2n) is 7.17. The summed E-state index contributed by atoms with van der Waals surface area (Å²) in [5.41, 5.74) is 1.41. The van der Waals surface area contributed by atoms with Crippen LogP contribution in [-0.4, -0.2) is 20.3 Å². The lowest BCUT2D eigenvalue weighted by molar-refractivity contribution is -0.116. The number of aromatic nitrogens is 3. The summed E-state index contributed by atoms with van der Waals surface area (Å²) in [5, 5.41) is 8.02.